The molecule has 7 nitrogen and oxygen atoms in total. The number of aliphatic hydroxyl groups is 1. The molecule has 1 atom stereocenters. The normalized spacial score (nSPS) is 12.2. The lowest BCUT2D eigenvalue weighted by atomic mass is 10.1. The van der Waals surface area contributed by atoms with Gasteiger partial charge in [-0.25, -0.2) is 0 Å². The maximum atomic E-state index is 11.2. The zero-order valence-electron chi connectivity index (χ0n) is 11.5. The maximum Gasteiger partial charge on any atom is 0.312 e. The molecule has 21 heavy (non-hydrogen) atoms. The Morgan fingerprint density at radius 2 is 2.29 bits per heavy atom. The minimum absolute atomic E-state index is 0.0713. The van der Waals surface area contributed by atoms with Gasteiger partial charge in [-0.1, -0.05) is 15.9 Å². The van der Waals surface area contributed by atoms with Crippen LogP contribution in [-0.4, -0.2) is 19.8 Å². The summed E-state index contributed by atoms with van der Waals surface area (Å²) in [5.74, 6) is 0.0713. The van der Waals surface area contributed by atoms with Crippen molar-refractivity contribution in [2.75, 3.05) is 0 Å². The first-order valence-electron chi connectivity index (χ1n) is 6.14. The zero-order valence-corrected chi connectivity index (χ0v) is 13.1. The second-order valence-electron chi connectivity index (χ2n) is 4.59. The van der Waals surface area contributed by atoms with E-state index in [4.69, 9.17) is 4.74 Å². The summed E-state index contributed by atoms with van der Waals surface area (Å²) >= 11 is 3.20. The number of nitro benzene ring substituents is 1. The van der Waals surface area contributed by atoms with E-state index in [1.165, 1.54) is 13.0 Å². The fourth-order valence-corrected chi connectivity index (χ4v) is 2.37. The van der Waals surface area contributed by atoms with Crippen LogP contribution in [0.1, 0.15) is 24.2 Å². The third kappa shape index (κ3) is 3.59. The van der Waals surface area contributed by atoms with Crippen LogP contribution in [-0.2, 0) is 13.7 Å². The molecule has 112 valence electrons. The van der Waals surface area contributed by atoms with Gasteiger partial charge in [0.25, 0.3) is 0 Å². The van der Waals surface area contributed by atoms with E-state index in [2.05, 4.69) is 21.0 Å². The second-order valence-corrected chi connectivity index (χ2v) is 5.50. The summed E-state index contributed by atoms with van der Waals surface area (Å²) in [6, 6.07) is 2.96. The SMILES string of the molecule is C[C@H](O)c1cc(Br)cc([N+](=O)[O-])c1OCc1cnn(C)c1. The Kier molecular flexibility index (Phi) is 4.59. The number of hydrogen-bond donors (Lipinski definition) is 1. The largest absolute Gasteiger partial charge is 0.482 e. The van der Waals surface area contributed by atoms with Crippen molar-refractivity contribution in [2.45, 2.75) is 19.6 Å². The molecule has 1 aromatic heterocycles. The van der Waals surface area contributed by atoms with Crippen molar-refractivity contribution in [1.82, 2.24) is 9.78 Å². The van der Waals surface area contributed by atoms with E-state index in [9.17, 15) is 15.2 Å². The van der Waals surface area contributed by atoms with Crippen molar-refractivity contribution in [3.63, 3.8) is 0 Å². The quantitative estimate of drug-likeness (QED) is 0.657. The van der Waals surface area contributed by atoms with Gasteiger partial charge in [0.05, 0.1) is 17.2 Å². The van der Waals surface area contributed by atoms with E-state index < -0.39 is 11.0 Å². The topological polar surface area (TPSA) is 90.4 Å². The number of halogens is 1. The van der Waals surface area contributed by atoms with Gasteiger partial charge in [-0.05, 0) is 13.0 Å². The molecule has 0 amide bonds. The Balaban J connectivity index is 2.37. The second kappa shape index (κ2) is 6.23. The first-order chi connectivity index (χ1) is 9.88. The minimum Gasteiger partial charge on any atom is -0.482 e. The summed E-state index contributed by atoms with van der Waals surface area (Å²) in [7, 11) is 1.77. The fourth-order valence-electron chi connectivity index (χ4n) is 1.90. The van der Waals surface area contributed by atoms with Gasteiger partial charge in [-0.15, -0.1) is 0 Å². The Morgan fingerprint density at radius 1 is 1.57 bits per heavy atom. The molecule has 1 N–H and O–H groups in total. The summed E-state index contributed by atoms with van der Waals surface area (Å²) in [6.07, 6.45) is 2.49. The van der Waals surface area contributed by atoms with Crippen LogP contribution in [0, 0.1) is 10.1 Å². The van der Waals surface area contributed by atoms with Crippen molar-refractivity contribution in [2.24, 2.45) is 7.05 Å². The number of benzene rings is 1. The van der Waals surface area contributed by atoms with Gasteiger partial charge in [-0.2, -0.15) is 5.10 Å². The van der Waals surface area contributed by atoms with Gasteiger partial charge in [0.2, 0.25) is 5.75 Å². The molecule has 0 saturated carbocycles. The first kappa shape index (κ1) is 15.5. The van der Waals surface area contributed by atoms with Gasteiger partial charge in [0, 0.05) is 34.9 Å². The predicted molar refractivity (Wildman–Crippen MR) is 79.0 cm³/mol. The highest BCUT2D eigenvalue weighted by molar-refractivity contribution is 9.10. The van der Waals surface area contributed by atoms with E-state index in [1.54, 1.807) is 30.2 Å². The van der Waals surface area contributed by atoms with Crippen LogP contribution < -0.4 is 4.74 Å². The van der Waals surface area contributed by atoms with Crippen molar-refractivity contribution >= 4 is 21.6 Å². The lowest BCUT2D eigenvalue weighted by molar-refractivity contribution is -0.386. The first-order valence-corrected chi connectivity index (χ1v) is 6.94. The van der Waals surface area contributed by atoms with Crippen LogP contribution in [0.5, 0.6) is 5.75 Å². The number of aliphatic hydroxyl groups excluding tert-OH is 1. The van der Waals surface area contributed by atoms with Crippen molar-refractivity contribution in [3.8, 4) is 5.75 Å². The molecule has 0 fully saturated rings. The molecule has 0 radical (unpaired) electrons. The number of nitrogens with zero attached hydrogens (tertiary/aromatic N) is 3. The molecule has 0 spiro atoms. The van der Waals surface area contributed by atoms with E-state index in [1.807, 2.05) is 0 Å². The number of aromatic nitrogens is 2. The Hall–Kier alpha value is -1.93. The Morgan fingerprint density at radius 3 is 2.81 bits per heavy atom. The average molecular weight is 356 g/mol. The summed E-state index contributed by atoms with van der Waals surface area (Å²) in [4.78, 5) is 10.6. The number of nitro groups is 1. The standard InChI is InChI=1S/C13H14BrN3O4/c1-8(18)11-3-10(14)4-12(17(19)20)13(11)21-7-9-5-15-16(2)6-9/h3-6,8,18H,7H2,1-2H3/t8-/m0/s1. The number of rotatable bonds is 5. The van der Waals surface area contributed by atoms with Gasteiger partial charge in [0.15, 0.2) is 0 Å². The molecule has 0 aliphatic carbocycles. The highest BCUT2D eigenvalue weighted by Crippen LogP contribution is 2.38. The van der Waals surface area contributed by atoms with Crippen LogP contribution in [0.2, 0.25) is 0 Å². The molecule has 1 aromatic carbocycles. The molecular formula is C13H14BrN3O4. The summed E-state index contributed by atoms with van der Waals surface area (Å²) < 4.78 is 7.70. The lowest BCUT2D eigenvalue weighted by Gasteiger charge is -2.13. The molecule has 8 heteroatoms. The number of hydrogen-bond acceptors (Lipinski definition) is 5. The van der Waals surface area contributed by atoms with Gasteiger partial charge >= 0.3 is 5.69 Å². The summed E-state index contributed by atoms with van der Waals surface area (Å²) in [5.41, 5.74) is 0.954. The van der Waals surface area contributed by atoms with Gasteiger partial charge in [0.1, 0.15) is 6.61 Å². The predicted octanol–water partition coefficient (Wildman–Crippen LogP) is 2.72. The third-order valence-corrected chi connectivity index (χ3v) is 3.31. The molecular weight excluding hydrogens is 342 g/mol. The fraction of sp³-hybridized carbons (Fsp3) is 0.308. The number of aryl methyl sites for hydroxylation is 1. The average Bonchev–Trinajstić information content (AvgIpc) is 2.81. The molecule has 0 saturated heterocycles. The minimum atomic E-state index is -0.884. The Labute approximate surface area is 129 Å². The maximum absolute atomic E-state index is 11.2. The van der Waals surface area contributed by atoms with Gasteiger partial charge in [-0.3, -0.25) is 14.8 Å². The van der Waals surface area contributed by atoms with Crippen LogP contribution in [0.3, 0.4) is 0 Å². The van der Waals surface area contributed by atoms with E-state index in [-0.39, 0.29) is 18.0 Å². The lowest BCUT2D eigenvalue weighted by Crippen LogP contribution is -2.04. The Bertz CT molecular complexity index is 669. The van der Waals surface area contributed by atoms with Crippen LogP contribution in [0.4, 0.5) is 5.69 Å². The van der Waals surface area contributed by atoms with Crippen LogP contribution >= 0.6 is 15.9 Å². The molecule has 0 aliphatic rings. The smallest absolute Gasteiger partial charge is 0.312 e. The van der Waals surface area contributed by atoms with E-state index in [0.29, 0.717) is 10.0 Å². The third-order valence-electron chi connectivity index (χ3n) is 2.85. The zero-order chi connectivity index (χ0) is 15.6. The highest BCUT2D eigenvalue weighted by atomic mass is 79.9. The van der Waals surface area contributed by atoms with Crippen molar-refractivity contribution in [3.05, 3.63) is 50.2 Å². The van der Waals surface area contributed by atoms with E-state index >= 15 is 0 Å². The molecule has 1 heterocycles. The summed E-state index contributed by atoms with van der Waals surface area (Å²) in [6.45, 7) is 1.67. The molecule has 2 aromatic rings. The number of ether oxygens (including phenoxy) is 1. The van der Waals surface area contributed by atoms with Gasteiger partial charge < -0.3 is 9.84 Å². The highest BCUT2D eigenvalue weighted by Gasteiger charge is 2.23. The molecule has 2 rings (SSSR count). The van der Waals surface area contributed by atoms with Crippen LogP contribution in [0.25, 0.3) is 0 Å². The summed E-state index contributed by atoms with van der Waals surface area (Å²) in [5, 5.41) is 25.0. The van der Waals surface area contributed by atoms with Crippen LogP contribution in [0.15, 0.2) is 29.0 Å². The monoisotopic (exact) mass is 355 g/mol. The van der Waals surface area contributed by atoms with Crippen molar-refractivity contribution < 1.29 is 14.8 Å². The molecule has 0 bridgehead atoms. The molecule has 0 unspecified atom stereocenters. The van der Waals surface area contributed by atoms with Crippen molar-refractivity contribution in [1.29, 1.82) is 0 Å². The van der Waals surface area contributed by atoms with E-state index in [0.717, 1.165) is 5.56 Å². The molecule has 0 aliphatic heterocycles.